The van der Waals surface area contributed by atoms with Crippen molar-refractivity contribution in [1.29, 1.82) is 0 Å². The first-order valence-electron chi connectivity index (χ1n) is 26.4. The molecule has 2 aliphatic carbocycles. The number of benzene rings is 8. The van der Waals surface area contributed by atoms with Crippen LogP contribution in [-0.2, 0) is 21.7 Å². The normalized spacial score (nSPS) is 15.7. The Bertz CT molecular complexity index is 3840. The summed E-state index contributed by atoms with van der Waals surface area (Å²) in [5.41, 5.74) is 24.5. The lowest BCUT2D eigenvalue weighted by Gasteiger charge is -2.43. The minimum atomic E-state index is -0.182. The van der Waals surface area contributed by atoms with Crippen molar-refractivity contribution < 1.29 is 4.42 Å². The van der Waals surface area contributed by atoms with Gasteiger partial charge in [0.1, 0.15) is 5.58 Å². The van der Waals surface area contributed by atoms with E-state index in [1.54, 1.807) is 0 Å². The van der Waals surface area contributed by atoms with Gasteiger partial charge in [-0.3, -0.25) is 0 Å². The summed E-state index contributed by atoms with van der Waals surface area (Å²) in [7, 11) is 0. The molecule has 0 N–H and O–H groups in total. The highest BCUT2D eigenvalue weighted by Gasteiger charge is 2.50. The highest BCUT2D eigenvalue weighted by molar-refractivity contribution is 7.00. The number of hydrogen-bond acceptors (Lipinski definition) is 3. The highest BCUT2D eigenvalue weighted by atomic mass is 16.3. The van der Waals surface area contributed by atoms with Crippen LogP contribution in [0.15, 0.2) is 168 Å². The van der Waals surface area contributed by atoms with Crippen LogP contribution >= 0.6 is 0 Å². The zero-order chi connectivity index (χ0) is 49.2. The van der Waals surface area contributed by atoms with Crippen LogP contribution in [0.25, 0.3) is 49.6 Å². The van der Waals surface area contributed by atoms with Gasteiger partial charge in [0, 0.05) is 49.9 Å². The maximum Gasteiger partial charge on any atom is 0.297 e. The van der Waals surface area contributed by atoms with Crippen LogP contribution in [-0.4, -0.2) is 11.3 Å². The molecule has 4 aliphatic rings. The van der Waals surface area contributed by atoms with E-state index in [2.05, 4.69) is 240 Å². The van der Waals surface area contributed by atoms with E-state index < -0.39 is 0 Å². The molecule has 0 atom stereocenters. The van der Waals surface area contributed by atoms with E-state index in [9.17, 15) is 0 Å². The van der Waals surface area contributed by atoms with Gasteiger partial charge in [-0.05, 0) is 134 Å². The minimum Gasteiger partial charge on any atom is -0.468 e. The third kappa shape index (κ3) is 6.06. The van der Waals surface area contributed by atoms with Crippen molar-refractivity contribution in [2.75, 3.05) is 9.80 Å². The number of para-hydroxylation sites is 2. The number of aromatic nitrogens is 1. The third-order valence-corrected chi connectivity index (χ3v) is 17.2. The first-order chi connectivity index (χ1) is 34.6. The van der Waals surface area contributed by atoms with Crippen molar-refractivity contribution in [3.8, 4) is 16.8 Å². The molecule has 1 spiro atoms. The zero-order valence-corrected chi connectivity index (χ0v) is 43.2. The molecule has 0 radical (unpaired) electrons. The monoisotopic (exact) mass is 935 g/mol. The Morgan fingerprint density at radius 3 is 1.74 bits per heavy atom. The Hall–Kier alpha value is -7.24. The molecule has 1 fully saturated rings. The van der Waals surface area contributed by atoms with Crippen LogP contribution in [0.2, 0.25) is 0 Å². The summed E-state index contributed by atoms with van der Waals surface area (Å²) in [4.78, 5) is 5.25. The van der Waals surface area contributed by atoms with Crippen molar-refractivity contribution >= 4 is 90.2 Å². The van der Waals surface area contributed by atoms with E-state index in [4.69, 9.17) is 4.42 Å². The van der Waals surface area contributed by atoms with E-state index in [-0.39, 0.29) is 28.4 Å². The number of fused-ring (bicyclic) bond motifs is 14. The minimum absolute atomic E-state index is 0.00198. The molecule has 10 aromatic rings. The number of furan rings is 1. The summed E-state index contributed by atoms with van der Waals surface area (Å²) in [6.45, 7) is 20.7. The SMILES string of the molecule is CC(C)(C)c1ccc(N2c3cc(-n4c5ccccc5c5ccccc54)cc4c3B(c3ccc(C(C)(C)C)cc3N4c3cccc4c3-c3ccccc3C43CCCC3)c3oc4ccc(C(C)(C)C)cc4c32)cc1. The summed E-state index contributed by atoms with van der Waals surface area (Å²) in [5.74, 6) is 0. The van der Waals surface area contributed by atoms with Gasteiger partial charge in [0.2, 0.25) is 0 Å². The van der Waals surface area contributed by atoms with Crippen molar-refractivity contribution in [3.05, 3.63) is 192 Å². The second kappa shape index (κ2) is 14.9. The van der Waals surface area contributed by atoms with Crippen LogP contribution in [0.4, 0.5) is 34.1 Å². The van der Waals surface area contributed by atoms with Crippen LogP contribution in [0.3, 0.4) is 0 Å². The lowest BCUT2D eigenvalue weighted by Crippen LogP contribution is -2.61. The summed E-state index contributed by atoms with van der Waals surface area (Å²) < 4.78 is 9.99. The molecule has 5 heteroatoms. The van der Waals surface area contributed by atoms with Gasteiger partial charge >= 0.3 is 0 Å². The standard InChI is InChI=1S/C67H62BN3O/c1-64(2,3)41-27-31-44(32-28-41)70-57-39-45(69-53-24-14-11-19-46(53)47-20-12-15-25-54(47)69)40-58-61(57)68(63-62(70)49-37-42(65(4,5)6)30-34-59(49)72-63)52-33-29-43(66(7,8)9)38-56(52)71(58)55-26-18-23-51-60(55)48-21-10-13-22-50(48)67(51)35-16-17-36-67/h10-15,18-34,37-40H,16-17,35-36H2,1-9H3. The van der Waals surface area contributed by atoms with Crippen molar-refractivity contribution in [2.45, 2.75) is 110 Å². The average Bonchev–Trinajstić information content (AvgIpc) is 4.15. The molecule has 1 saturated carbocycles. The second-order valence-electron chi connectivity index (χ2n) is 24.5. The van der Waals surface area contributed by atoms with Gasteiger partial charge in [0.15, 0.2) is 0 Å². The van der Waals surface area contributed by atoms with Gasteiger partial charge in [-0.1, -0.05) is 178 Å². The summed E-state index contributed by atoms with van der Waals surface area (Å²) >= 11 is 0. The smallest absolute Gasteiger partial charge is 0.297 e. The number of hydrogen-bond donors (Lipinski definition) is 0. The lowest BCUT2D eigenvalue weighted by atomic mass is 9.35. The average molecular weight is 936 g/mol. The maximum atomic E-state index is 7.47. The first kappa shape index (κ1) is 43.5. The van der Waals surface area contributed by atoms with Crippen molar-refractivity contribution in [2.24, 2.45) is 0 Å². The van der Waals surface area contributed by atoms with E-state index in [1.165, 1.54) is 120 Å². The lowest BCUT2D eigenvalue weighted by molar-refractivity contribution is 0.550. The maximum absolute atomic E-state index is 7.47. The Kier molecular flexibility index (Phi) is 9.02. The Morgan fingerprint density at radius 2 is 1.06 bits per heavy atom. The molecule has 0 saturated heterocycles. The molecule has 14 rings (SSSR count). The van der Waals surface area contributed by atoms with E-state index >= 15 is 0 Å². The van der Waals surface area contributed by atoms with Gasteiger partial charge in [0.05, 0.1) is 33.8 Å². The molecule has 0 amide bonds. The number of anilines is 6. The first-order valence-corrected chi connectivity index (χ1v) is 26.4. The molecule has 0 unspecified atom stereocenters. The van der Waals surface area contributed by atoms with Crippen molar-refractivity contribution in [3.63, 3.8) is 0 Å². The van der Waals surface area contributed by atoms with E-state index in [0.717, 1.165) is 33.7 Å². The predicted octanol–water partition coefficient (Wildman–Crippen LogP) is 16.3. The molecule has 354 valence electrons. The molecule has 4 heterocycles. The fraction of sp³-hybridized carbons (Fsp3) is 0.254. The highest BCUT2D eigenvalue weighted by Crippen LogP contribution is 2.61. The quantitative estimate of drug-likeness (QED) is 0.165. The van der Waals surface area contributed by atoms with E-state index in [0.29, 0.717) is 0 Å². The number of nitrogens with zero attached hydrogens (tertiary/aromatic N) is 3. The topological polar surface area (TPSA) is 24.6 Å². The van der Waals surface area contributed by atoms with Crippen molar-refractivity contribution in [1.82, 2.24) is 4.57 Å². The van der Waals surface area contributed by atoms with Crippen LogP contribution < -0.4 is 26.4 Å². The second-order valence-corrected chi connectivity index (χ2v) is 24.5. The number of rotatable bonds is 3. The summed E-state index contributed by atoms with van der Waals surface area (Å²) in [5, 5.41) is 3.64. The summed E-state index contributed by atoms with van der Waals surface area (Å²) in [6.07, 6.45) is 4.86. The van der Waals surface area contributed by atoms with Gasteiger partial charge in [-0.2, -0.15) is 0 Å². The molecule has 2 aromatic heterocycles. The van der Waals surface area contributed by atoms with E-state index in [1.807, 2.05) is 0 Å². The van der Waals surface area contributed by atoms with Crippen LogP contribution in [0.5, 0.6) is 0 Å². The Morgan fingerprint density at radius 1 is 0.472 bits per heavy atom. The zero-order valence-electron chi connectivity index (χ0n) is 43.2. The Labute approximate surface area is 425 Å². The van der Waals surface area contributed by atoms with Gasteiger partial charge < -0.3 is 18.8 Å². The predicted molar refractivity (Wildman–Crippen MR) is 305 cm³/mol. The third-order valence-electron chi connectivity index (χ3n) is 17.2. The fourth-order valence-corrected chi connectivity index (χ4v) is 13.6. The van der Waals surface area contributed by atoms with Crippen LogP contribution in [0, 0.1) is 0 Å². The summed E-state index contributed by atoms with van der Waals surface area (Å²) in [6, 6.07) is 63.2. The molecule has 2 aliphatic heterocycles. The molecule has 8 aromatic carbocycles. The van der Waals surface area contributed by atoms with Gasteiger partial charge in [0.25, 0.3) is 6.71 Å². The van der Waals surface area contributed by atoms with Gasteiger partial charge in [-0.15, -0.1) is 0 Å². The van der Waals surface area contributed by atoms with Crippen LogP contribution in [0.1, 0.15) is 116 Å². The Balaban J connectivity index is 1.16. The molecule has 4 nitrogen and oxygen atoms in total. The molecule has 72 heavy (non-hydrogen) atoms. The fourth-order valence-electron chi connectivity index (χ4n) is 13.6. The van der Waals surface area contributed by atoms with Gasteiger partial charge in [-0.25, -0.2) is 0 Å². The molecular formula is C67H62BN3O. The molecular weight excluding hydrogens is 874 g/mol. The largest absolute Gasteiger partial charge is 0.468 e. The molecule has 0 bridgehead atoms.